The van der Waals surface area contributed by atoms with Gasteiger partial charge in [0.25, 0.3) is 0 Å². The summed E-state index contributed by atoms with van der Waals surface area (Å²) < 4.78 is 26.7. The second kappa shape index (κ2) is 6.13. The molecule has 0 radical (unpaired) electrons. The van der Waals surface area contributed by atoms with Crippen molar-refractivity contribution in [3.8, 4) is 0 Å². The molecule has 1 aliphatic rings. The highest BCUT2D eigenvalue weighted by Crippen LogP contribution is 2.17. The molecule has 3 rings (SSSR count). The molecule has 21 heavy (non-hydrogen) atoms. The molecular weight excluding hydrogens is 274 g/mol. The molecule has 2 aromatic heterocycles. The van der Waals surface area contributed by atoms with Gasteiger partial charge in [0.05, 0.1) is 5.69 Å². The number of halogens is 2. The standard InChI is InChI=1S/C15H16F2N4/c16-13-2-1-4-18-14(13)11-20-6-8-21(9-7-20)12-3-5-19-15(17)10-12/h1-5,10H,6-9,11H2. The molecule has 0 amide bonds. The Hall–Kier alpha value is -2.08. The lowest BCUT2D eigenvalue weighted by atomic mass is 10.2. The average Bonchev–Trinajstić information content (AvgIpc) is 2.50. The van der Waals surface area contributed by atoms with Gasteiger partial charge in [0, 0.05) is 56.9 Å². The van der Waals surface area contributed by atoms with Crippen LogP contribution in [0.5, 0.6) is 0 Å². The first-order valence-corrected chi connectivity index (χ1v) is 6.90. The van der Waals surface area contributed by atoms with Crippen molar-refractivity contribution in [3.05, 3.63) is 54.1 Å². The summed E-state index contributed by atoms with van der Waals surface area (Å²) in [6, 6.07) is 6.26. The SMILES string of the molecule is Fc1cc(N2CCN(Cc3ncccc3F)CC2)ccn1. The van der Waals surface area contributed by atoms with Gasteiger partial charge in [-0.25, -0.2) is 9.37 Å². The summed E-state index contributed by atoms with van der Waals surface area (Å²) in [4.78, 5) is 11.9. The van der Waals surface area contributed by atoms with Gasteiger partial charge in [0.1, 0.15) is 5.82 Å². The molecule has 3 heterocycles. The lowest BCUT2D eigenvalue weighted by molar-refractivity contribution is 0.243. The van der Waals surface area contributed by atoms with Crippen LogP contribution in [0.2, 0.25) is 0 Å². The lowest BCUT2D eigenvalue weighted by Crippen LogP contribution is -2.46. The average molecular weight is 290 g/mol. The number of aromatic nitrogens is 2. The topological polar surface area (TPSA) is 32.3 Å². The van der Waals surface area contributed by atoms with Crippen LogP contribution in [-0.2, 0) is 6.54 Å². The molecule has 1 aliphatic heterocycles. The number of hydrogen-bond donors (Lipinski definition) is 0. The maximum Gasteiger partial charge on any atom is 0.214 e. The van der Waals surface area contributed by atoms with Gasteiger partial charge in [0.15, 0.2) is 0 Å². The van der Waals surface area contributed by atoms with Crippen molar-refractivity contribution in [2.24, 2.45) is 0 Å². The largest absolute Gasteiger partial charge is 0.369 e. The van der Waals surface area contributed by atoms with Crippen LogP contribution >= 0.6 is 0 Å². The van der Waals surface area contributed by atoms with Gasteiger partial charge in [-0.1, -0.05) is 0 Å². The van der Waals surface area contributed by atoms with Crippen molar-refractivity contribution in [2.75, 3.05) is 31.1 Å². The van der Waals surface area contributed by atoms with Gasteiger partial charge >= 0.3 is 0 Å². The maximum absolute atomic E-state index is 13.6. The predicted molar refractivity (Wildman–Crippen MR) is 75.9 cm³/mol. The summed E-state index contributed by atoms with van der Waals surface area (Å²) in [6.07, 6.45) is 3.08. The van der Waals surface area contributed by atoms with Crippen molar-refractivity contribution >= 4 is 5.69 Å². The molecule has 1 fully saturated rings. The first-order chi connectivity index (χ1) is 10.2. The van der Waals surface area contributed by atoms with E-state index in [1.54, 1.807) is 18.3 Å². The Kier molecular flexibility index (Phi) is 4.06. The van der Waals surface area contributed by atoms with Crippen molar-refractivity contribution in [2.45, 2.75) is 6.54 Å². The third-order valence-electron chi connectivity index (χ3n) is 3.66. The molecule has 0 saturated carbocycles. The number of hydrogen-bond acceptors (Lipinski definition) is 4. The number of pyridine rings is 2. The van der Waals surface area contributed by atoms with E-state index in [0.29, 0.717) is 12.2 Å². The Balaban J connectivity index is 1.59. The number of nitrogens with zero attached hydrogens (tertiary/aromatic N) is 4. The molecule has 0 aliphatic carbocycles. The van der Waals surface area contributed by atoms with Crippen LogP contribution in [-0.4, -0.2) is 41.0 Å². The van der Waals surface area contributed by atoms with Crippen molar-refractivity contribution in [1.29, 1.82) is 0 Å². The zero-order valence-corrected chi connectivity index (χ0v) is 11.5. The van der Waals surface area contributed by atoms with E-state index < -0.39 is 5.95 Å². The molecule has 0 atom stereocenters. The Bertz CT molecular complexity index is 612. The Labute approximate surface area is 122 Å². The fourth-order valence-corrected chi connectivity index (χ4v) is 2.50. The molecule has 2 aromatic rings. The second-order valence-electron chi connectivity index (χ2n) is 5.03. The Morgan fingerprint density at radius 1 is 1.00 bits per heavy atom. The molecule has 0 bridgehead atoms. The van der Waals surface area contributed by atoms with Crippen LogP contribution in [0.1, 0.15) is 5.69 Å². The van der Waals surface area contributed by atoms with Crippen LogP contribution in [0.25, 0.3) is 0 Å². The first-order valence-electron chi connectivity index (χ1n) is 6.90. The fraction of sp³-hybridized carbons (Fsp3) is 0.333. The van der Waals surface area contributed by atoms with E-state index in [1.165, 1.54) is 18.3 Å². The van der Waals surface area contributed by atoms with E-state index in [2.05, 4.69) is 19.8 Å². The van der Waals surface area contributed by atoms with Gasteiger partial charge in [0.2, 0.25) is 5.95 Å². The molecule has 0 unspecified atom stereocenters. The summed E-state index contributed by atoms with van der Waals surface area (Å²) in [6.45, 7) is 3.64. The monoisotopic (exact) mass is 290 g/mol. The second-order valence-corrected chi connectivity index (χ2v) is 5.03. The lowest BCUT2D eigenvalue weighted by Gasteiger charge is -2.35. The number of anilines is 1. The number of piperazine rings is 1. The van der Waals surface area contributed by atoms with E-state index in [9.17, 15) is 8.78 Å². The van der Waals surface area contributed by atoms with Crippen LogP contribution in [0.4, 0.5) is 14.5 Å². The molecule has 1 saturated heterocycles. The van der Waals surface area contributed by atoms with Crippen molar-refractivity contribution in [3.63, 3.8) is 0 Å². The summed E-state index contributed by atoms with van der Waals surface area (Å²) in [5, 5.41) is 0. The molecule has 6 heteroatoms. The predicted octanol–water partition coefficient (Wildman–Crippen LogP) is 2.08. The maximum atomic E-state index is 13.6. The molecular formula is C15H16F2N4. The molecule has 0 aromatic carbocycles. The van der Waals surface area contributed by atoms with E-state index in [1.807, 2.05) is 0 Å². The molecule has 0 spiro atoms. The third-order valence-corrected chi connectivity index (χ3v) is 3.66. The summed E-state index contributed by atoms with van der Waals surface area (Å²) in [7, 11) is 0. The van der Waals surface area contributed by atoms with E-state index in [-0.39, 0.29) is 5.82 Å². The minimum Gasteiger partial charge on any atom is -0.369 e. The van der Waals surface area contributed by atoms with Gasteiger partial charge < -0.3 is 4.90 Å². The van der Waals surface area contributed by atoms with E-state index in [4.69, 9.17) is 0 Å². The van der Waals surface area contributed by atoms with Crippen LogP contribution in [0.15, 0.2) is 36.7 Å². The highest BCUT2D eigenvalue weighted by atomic mass is 19.1. The quantitative estimate of drug-likeness (QED) is 0.810. The van der Waals surface area contributed by atoms with E-state index >= 15 is 0 Å². The van der Waals surface area contributed by atoms with Gasteiger partial charge in [-0.05, 0) is 18.2 Å². The van der Waals surface area contributed by atoms with Crippen LogP contribution in [0, 0.1) is 11.8 Å². The van der Waals surface area contributed by atoms with Gasteiger partial charge in [-0.15, -0.1) is 0 Å². The van der Waals surface area contributed by atoms with Crippen LogP contribution < -0.4 is 4.90 Å². The van der Waals surface area contributed by atoms with Crippen molar-refractivity contribution < 1.29 is 8.78 Å². The molecule has 4 nitrogen and oxygen atoms in total. The number of rotatable bonds is 3. The molecule has 110 valence electrons. The highest BCUT2D eigenvalue weighted by molar-refractivity contribution is 5.45. The highest BCUT2D eigenvalue weighted by Gasteiger charge is 2.19. The smallest absolute Gasteiger partial charge is 0.214 e. The van der Waals surface area contributed by atoms with Gasteiger partial charge in [-0.2, -0.15) is 4.39 Å². The summed E-state index contributed by atoms with van der Waals surface area (Å²) >= 11 is 0. The zero-order chi connectivity index (χ0) is 14.7. The normalized spacial score (nSPS) is 16.2. The molecule has 0 N–H and O–H groups in total. The third kappa shape index (κ3) is 3.33. The Morgan fingerprint density at radius 2 is 1.81 bits per heavy atom. The summed E-state index contributed by atoms with van der Waals surface area (Å²) in [5.74, 6) is -0.735. The van der Waals surface area contributed by atoms with Crippen LogP contribution in [0.3, 0.4) is 0 Å². The minimum absolute atomic E-state index is 0.267. The minimum atomic E-state index is -0.467. The van der Waals surface area contributed by atoms with Crippen molar-refractivity contribution in [1.82, 2.24) is 14.9 Å². The fourth-order valence-electron chi connectivity index (χ4n) is 2.50. The van der Waals surface area contributed by atoms with E-state index in [0.717, 1.165) is 31.9 Å². The Morgan fingerprint density at radius 3 is 2.52 bits per heavy atom. The van der Waals surface area contributed by atoms with Gasteiger partial charge in [-0.3, -0.25) is 9.88 Å². The first kappa shape index (κ1) is 13.9. The zero-order valence-electron chi connectivity index (χ0n) is 11.5. The summed E-state index contributed by atoms with van der Waals surface area (Å²) in [5.41, 5.74) is 1.31.